The van der Waals surface area contributed by atoms with Gasteiger partial charge in [0.2, 0.25) is 0 Å². The third-order valence-corrected chi connectivity index (χ3v) is 3.53. The van der Waals surface area contributed by atoms with E-state index >= 15 is 0 Å². The average Bonchev–Trinajstić information content (AvgIpc) is 2.68. The molecule has 0 saturated heterocycles. The van der Waals surface area contributed by atoms with Crippen LogP contribution in [-0.2, 0) is 0 Å². The SMILES string of the molecule is O=C(c1ccccc1)C1[C@H]2CC[C@@H]12. The number of hydrogen-bond donors (Lipinski definition) is 0. The molecule has 0 N–H and O–H groups in total. The van der Waals surface area contributed by atoms with Crippen LogP contribution in [0.5, 0.6) is 0 Å². The maximum absolute atomic E-state index is 11.9. The summed E-state index contributed by atoms with van der Waals surface area (Å²) < 4.78 is 0. The third-order valence-electron chi connectivity index (χ3n) is 3.53. The number of carbonyl (C=O) groups is 1. The van der Waals surface area contributed by atoms with E-state index in [-0.39, 0.29) is 0 Å². The van der Waals surface area contributed by atoms with E-state index in [0.717, 1.165) is 17.4 Å². The van der Waals surface area contributed by atoms with Gasteiger partial charge in [0.15, 0.2) is 5.78 Å². The molecule has 0 aromatic heterocycles. The van der Waals surface area contributed by atoms with Gasteiger partial charge in [0, 0.05) is 11.5 Å². The Bertz CT molecular complexity index is 331. The maximum Gasteiger partial charge on any atom is 0.166 e. The molecule has 1 nitrogen and oxygen atoms in total. The minimum absolute atomic E-state index is 0.383. The summed E-state index contributed by atoms with van der Waals surface area (Å²) >= 11 is 0. The fourth-order valence-corrected chi connectivity index (χ4v) is 2.54. The summed E-state index contributed by atoms with van der Waals surface area (Å²) in [6.07, 6.45) is 2.57. The first-order valence-electron chi connectivity index (χ1n) is 4.97. The fraction of sp³-hybridized carbons (Fsp3) is 0.417. The lowest BCUT2D eigenvalue weighted by Crippen LogP contribution is -2.02. The summed E-state index contributed by atoms with van der Waals surface area (Å²) in [6.45, 7) is 0. The standard InChI is InChI=1S/C12H12O/c13-12(8-4-2-1-3-5-8)11-9-6-7-10(9)11/h1-5,9-11H,6-7H2/t9-,10+,11?. The first kappa shape index (κ1) is 7.31. The van der Waals surface area contributed by atoms with Crippen molar-refractivity contribution in [2.75, 3.05) is 0 Å². The lowest BCUT2D eigenvalue weighted by Gasteiger charge is -2.04. The van der Waals surface area contributed by atoms with Crippen molar-refractivity contribution in [3.8, 4) is 0 Å². The molecule has 2 saturated carbocycles. The van der Waals surface area contributed by atoms with Crippen molar-refractivity contribution >= 4 is 5.78 Å². The van der Waals surface area contributed by atoms with Crippen molar-refractivity contribution in [2.24, 2.45) is 17.8 Å². The Balaban J connectivity index is 1.83. The van der Waals surface area contributed by atoms with Crippen LogP contribution < -0.4 is 0 Å². The van der Waals surface area contributed by atoms with Gasteiger partial charge in [-0.15, -0.1) is 0 Å². The Labute approximate surface area is 77.8 Å². The van der Waals surface area contributed by atoms with E-state index in [2.05, 4.69) is 0 Å². The molecule has 0 aliphatic heterocycles. The van der Waals surface area contributed by atoms with E-state index in [1.807, 2.05) is 30.3 Å². The van der Waals surface area contributed by atoms with Gasteiger partial charge in [0.05, 0.1) is 0 Å². The van der Waals surface area contributed by atoms with Gasteiger partial charge < -0.3 is 0 Å². The molecule has 3 rings (SSSR count). The molecule has 0 amide bonds. The van der Waals surface area contributed by atoms with Crippen LogP contribution in [0.15, 0.2) is 30.3 Å². The molecular weight excluding hydrogens is 160 g/mol. The smallest absolute Gasteiger partial charge is 0.166 e. The van der Waals surface area contributed by atoms with Gasteiger partial charge in [-0.1, -0.05) is 30.3 Å². The number of ketones is 1. The Kier molecular flexibility index (Phi) is 1.37. The van der Waals surface area contributed by atoms with Gasteiger partial charge in [-0.25, -0.2) is 0 Å². The second-order valence-corrected chi connectivity index (χ2v) is 4.16. The van der Waals surface area contributed by atoms with E-state index in [9.17, 15) is 4.79 Å². The summed E-state index contributed by atoms with van der Waals surface area (Å²) in [5.41, 5.74) is 0.905. The molecule has 0 radical (unpaired) electrons. The molecule has 2 aliphatic carbocycles. The zero-order chi connectivity index (χ0) is 8.84. The lowest BCUT2D eigenvalue weighted by molar-refractivity contribution is 0.0961. The van der Waals surface area contributed by atoms with E-state index < -0.39 is 0 Å². The normalized spacial score (nSPS) is 34.6. The lowest BCUT2D eigenvalue weighted by atomic mass is 10.0. The largest absolute Gasteiger partial charge is 0.294 e. The highest BCUT2D eigenvalue weighted by molar-refractivity contribution is 6.00. The highest BCUT2D eigenvalue weighted by Crippen LogP contribution is 2.62. The molecule has 1 aromatic carbocycles. The van der Waals surface area contributed by atoms with Gasteiger partial charge in [-0.3, -0.25) is 4.79 Å². The molecule has 1 heteroatoms. The molecule has 1 unspecified atom stereocenters. The maximum atomic E-state index is 11.9. The predicted molar refractivity (Wildman–Crippen MR) is 50.5 cm³/mol. The van der Waals surface area contributed by atoms with Crippen LogP contribution in [0.1, 0.15) is 23.2 Å². The van der Waals surface area contributed by atoms with Crippen LogP contribution in [0.3, 0.4) is 0 Å². The highest BCUT2D eigenvalue weighted by atomic mass is 16.1. The Morgan fingerprint density at radius 1 is 1.08 bits per heavy atom. The van der Waals surface area contributed by atoms with Crippen molar-refractivity contribution in [3.05, 3.63) is 35.9 Å². The second kappa shape index (κ2) is 2.44. The molecule has 0 heterocycles. The van der Waals surface area contributed by atoms with Crippen LogP contribution in [-0.4, -0.2) is 5.78 Å². The topological polar surface area (TPSA) is 17.1 Å². The first-order valence-corrected chi connectivity index (χ1v) is 4.97. The summed E-state index contributed by atoms with van der Waals surface area (Å²) in [5, 5.41) is 0. The molecule has 0 bridgehead atoms. The zero-order valence-electron chi connectivity index (χ0n) is 7.44. The van der Waals surface area contributed by atoms with Crippen molar-refractivity contribution in [1.82, 2.24) is 0 Å². The van der Waals surface area contributed by atoms with Gasteiger partial charge in [-0.05, 0) is 24.7 Å². The zero-order valence-corrected chi connectivity index (χ0v) is 7.44. The summed E-state index contributed by atoms with van der Waals surface area (Å²) in [7, 11) is 0. The molecule has 0 spiro atoms. The Morgan fingerprint density at radius 3 is 2.23 bits per heavy atom. The van der Waals surface area contributed by atoms with Gasteiger partial charge >= 0.3 is 0 Å². The van der Waals surface area contributed by atoms with Crippen molar-refractivity contribution in [2.45, 2.75) is 12.8 Å². The van der Waals surface area contributed by atoms with E-state index in [0.29, 0.717) is 11.7 Å². The quantitative estimate of drug-likeness (QED) is 0.626. The minimum atomic E-state index is 0.383. The molecule has 2 fully saturated rings. The third kappa shape index (κ3) is 0.963. The average molecular weight is 172 g/mol. The van der Waals surface area contributed by atoms with Gasteiger partial charge in [-0.2, -0.15) is 0 Å². The minimum Gasteiger partial charge on any atom is -0.294 e. The number of benzene rings is 1. The van der Waals surface area contributed by atoms with Crippen LogP contribution in [0.25, 0.3) is 0 Å². The number of fused-ring (bicyclic) bond motifs is 1. The number of hydrogen-bond acceptors (Lipinski definition) is 1. The Hall–Kier alpha value is -1.11. The van der Waals surface area contributed by atoms with Crippen LogP contribution >= 0.6 is 0 Å². The second-order valence-electron chi connectivity index (χ2n) is 4.16. The first-order chi connectivity index (χ1) is 6.38. The van der Waals surface area contributed by atoms with Gasteiger partial charge in [0.1, 0.15) is 0 Å². The monoisotopic (exact) mass is 172 g/mol. The molecule has 13 heavy (non-hydrogen) atoms. The molecule has 66 valence electrons. The molecule has 2 aliphatic rings. The highest BCUT2D eigenvalue weighted by Gasteiger charge is 2.59. The number of Topliss-reactive ketones (excluding diaryl/α,β-unsaturated/α-hetero) is 1. The Morgan fingerprint density at radius 2 is 1.69 bits per heavy atom. The molecule has 3 atom stereocenters. The molecular formula is C12H12O. The number of carbonyl (C=O) groups excluding carboxylic acids is 1. The van der Waals surface area contributed by atoms with Gasteiger partial charge in [0.25, 0.3) is 0 Å². The number of rotatable bonds is 2. The molecule has 1 aromatic rings. The van der Waals surface area contributed by atoms with Crippen LogP contribution in [0, 0.1) is 17.8 Å². The summed E-state index contributed by atoms with van der Waals surface area (Å²) in [4.78, 5) is 11.9. The van der Waals surface area contributed by atoms with Crippen molar-refractivity contribution in [3.63, 3.8) is 0 Å². The van der Waals surface area contributed by atoms with Crippen LogP contribution in [0.2, 0.25) is 0 Å². The predicted octanol–water partition coefficient (Wildman–Crippen LogP) is 2.53. The fourth-order valence-electron chi connectivity index (χ4n) is 2.54. The van der Waals surface area contributed by atoms with E-state index in [4.69, 9.17) is 0 Å². The summed E-state index contributed by atoms with van der Waals surface area (Å²) in [5.74, 6) is 2.29. The van der Waals surface area contributed by atoms with E-state index in [1.54, 1.807) is 0 Å². The van der Waals surface area contributed by atoms with Crippen molar-refractivity contribution in [1.29, 1.82) is 0 Å². The summed E-state index contributed by atoms with van der Waals surface area (Å²) in [6, 6.07) is 9.70. The van der Waals surface area contributed by atoms with Crippen molar-refractivity contribution < 1.29 is 4.79 Å². The van der Waals surface area contributed by atoms with Crippen LogP contribution in [0.4, 0.5) is 0 Å². The van der Waals surface area contributed by atoms with E-state index in [1.165, 1.54) is 12.8 Å².